The van der Waals surface area contributed by atoms with E-state index < -0.39 is 11.9 Å². The van der Waals surface area contributed by atoms with Crippen LogP contribution in [0.15, 0.2) is 48.7 Å². The summed E-state index contributed by atoms with van der Waals surface area (Å²) in [5.41, 5.74) is 8.55. The van der Waals surface area contributed by atoms with Gasteiger partial charge in [0.1, 0.15) is 11.9 Å². The fraction of sp³-hybridized carbons (Fsp3) is 0.333. The Labute approximate surface area is 219 Å². The molecule has 3 N–H and O–H groups in total. The number of benzene rings is 2. The number of likely N-dealkylation sites (tertiary alicyclic amines) is 1. The van der Waals surface area contributed by atoms with Crippen LogP contribution in [0.4, 0.5) is 10.2 Å². The number of hydrogen-bond acceptors (Lipinski definition) is 5. The molecule has 36 heavy (non-hydrogen) atoms. The Balaban J connectivity index is 1.48. The lowest BCUT2D eigenvalue weighted by molar-refractivity contribution is 0.0678. The zero-order valence-corrected chi connectivity index (χ0v) is 21.4. The zero-order valence-electron chi connectivity index (χ0n) is 19.9. The number of piperidine rings is 1. The molecule has 190 valence electrons. The molecule has 1 aliphatic heterocycles. The predicted molar refractivity (Wildman–Crippen MR) is 140 cm³/mol. The summed E-state index contributed by atoms with van der Waals surface area (Å²) in [5, 5.41) is 9.31. The van der Waals surface area contributed by atoms with Crippen molar-refractivity contribution >= 4 is 34.9 Å². The van der Waals surface area contributed by atoms with E-state index in [1.807, 2.05) is 17.0 Å². The molecule has 0 aliphatic carbocycles. The number of carbonyl (C=O) groups excluding carboxylic acids is 1. The van der Waals surface area contributed by atoms with Gasteiger partial charge >= 0.3 is 0 Å². The Morgan fingerprint density at radius 1 is 1.19 bits per heavy atom. The molecule has 4 rings (SSSR count). The zero-order chi connectivity index (χ0) is 25.8. The van der Waals surface area contributed by atoms with Crippen molar-refractivity contribution in [3.05, 3.63) is 75.7 Å². The minimum Gasteiger partial charge on any atom is -0.482 e. The van der Waals surface area contributed by atoms with E-state index >= 15 is 0 Å². The van der Waals surface area contributed by atoms with E-state index in [0.717, 1.165) is 30.4 Å². The average molecular weight is 532 g/mol. The first-order valence-electron chi connectivity index (χ1n) is 11.8. The van der Waals surface area contributed by atoms with Gasteiger partial charge in [-0.1, -0.05) is 35.3 Å². The van der Waals surface area contributed by atoms with Crippen LogP contribution in [-0.4, -0.2) is 40.6 Å². The van der Waals surface area contributed by atoms with Crippen molar-refractivity contribution in [2.45, 2.75) is 32.3 Å². The second-order valence-electron chi connectivity index (χ2n) is 8.95. The predicted octanol–water partition coefficient (Wildman–Crippen LogP) is 6.15. The van der Waals surface area contributed by atoms with E-state index in [4.69, 9.17) is 38.8 Å². The summed E-state index contributed by atoms with van der Waals surface area (Å²) in [6, 6.07) is 11.7. The number of aliphatic hydroxyl groups is 1. The number of aromatic nitrogens is 1. The van der Waals surface area contributed by atoms with Crippen molar-refractivity contribution in [3.63, 3.8) is 0 Å². The first kappa shape index (κ1) is 26.2. The molecule has 6 nitrogen and oxygen atoms in total. The number of carbonyl (C=O) groups is 1. The molecular weight excluding hydrogens is 504 g/mol. The lowest BCUT2D eigenvalue weighted by Crippen LogP contribution is -2.38. The van der Waals surface area contributed by atoms with E-state index in [1.54, 1.807) is 31.3 Å². The maximum Gasteiger partial charge on any atom is 0.253 e. The van der Waals surface area contributed by atoms with Crippen LogP contribution in [0.25, 0.3) is 11.1 Å². The lowest BCUT2D eigenvalue weighted by atomic mass is 9.93. The minimum absolute atomic E-state index is 0.00104. The molecule has 0 spiro atoms. The molecule has 1 amide bonds. The fourth-order valence-electron chi connectivity index (χ4n) is 4.47. The number of hydrogen-bond donors (Lipinski definition) is 2. The van der Waals surface area contributed by atoms with Crippen molar-refractivity contribution in [1.82, 2.24) is 9.88 Å². The molecule has 2 heterocycles. The summed E-state index contributed by atoms with van der Waals surface area (Å²) in [6.45, 7) is 3.29. The molecule has 1 fully saturated rings. The molecule has 0 bridgehead atoms. The molecular formula is C27H28Cl2FN3O3. The van der Waals surface area contributed by atoms with Crippen LogP contribution < -0.4 is 10.5 Å². The Kier molecular flexibility index (Phi) is 8.34. The Hall–Kier alpha value is -2.87. The van der Waals surface area contributed by atoms with Crippen LogP contribution in [0.5, 0.6) is 5.75 Å². The first-order chi connectivity index (χ1) is 17.3. The van der Waals surface area contributed by atoms with E-state index in [2.05, 4.69) is 4.98 Å². The quantitative estimate of drug-likeness (QED) is 0.357. The Morgan fingerprint density at radius 2 is 1.89 bits per heavy atom. The fourth-order valence-corrected chi connectivity index (χ4v) is 5.15. The highest BCUT2D eigenvalue weighted by Gasteiger charge is 2.24. The monoisotopic (exact) mass is 531 g/mol. The number of rotatable bonds is 7. The number of nitrogens with zero attached hydrogens (tertiary/aromatic N) is 2. The number of halogens is 3. The maximum atomic E-state index is 14.0. The summed E-state index contributed by atoms with van der Waals surface area (Å²) in [6.07, 6.45) is 3.56. The molecule has 1 unspecified atom stereocenters. The topological polar surface area (TPSA) is 88.7 Å². The van der Waals surface area contributed by atoms with E-state index in [-0.39, 0.29) is 28.4 Å². The van der Waals surface area contributed by atoms with Gasteiger partial charge in [0.2, 0.25) is 0 Å². The van der Waals surface area contributed by atoms with E-state index in [1.165, 1.54) is 12.1 Å². The van der Waals surface area contributed by atoms with Gasteiger partial charge in [-0.05, 0) is 68.0 Å². The smallest absolute Gasteiger partial charge is 0.253 e. The number of pyridine rings is 1. The molecule has 1 aliphatic rings. The number of ether oxygens (including phenoxy) is 1. The lowest BCUT2D eigenvalue weighted by Gasteiger charge is -2.31. The third kappa shape index (κ3) is 5.75. The van der Waals surface area contributed by atoms with Gasteiger partial charge in [0.15, 0.2) is 11.6 Å². The molecule has 3 aromatic rings. The molecule has 1 saturated heterocycles. The summed E-state index contributed by atoms with van der Waals surface area (Å²) < 4.78 is 19.9. The van der Waals surface area contributed by atoms with Crippen molar-refractivity contribution in [2.75, 3.05) is 25.4 Å². The molecule has 1 aromatic heterocycles. The first-order valence-corrected chi connectivity index (χ1v) is 12.6. The second kappa shape index (κ2) is 11.5. The third-order valence-corrected chi connectivity index (χ3v) is 7.29. The van der Waals surface area contributed by atoms with Crippen molar-refractivity contribution in [1.29, 1.82) is 0 Å². The van der Waals surface area contributed by atoms with Gasteiger partial charge in [0.05, 0.1) is 5.02 Å². The highest BCUT2D eigenvalue weighted by Crippen LogP contribution is 2.37. The SMILES string of the molecule is CC(Oc1cc(-c2ccc(C(=O)N3CCC(CCO)CC3)cc2)cnc1N)c1c(Cl)ccc(F)c1Cl. The van der Waals surface area contributed by atoms with E-state index in [0.29, 0.717) is 35.9 Å². The van der Waals surface area contributed by atoms with Crippen molar-refractivity contribution in [2.24, 2.45) is 5.92 Å². The van der Waals surface area contributed by atoms with Crippen molar-refractivity contribution < 1.29 is 19.0 Å². The Morgan fingerprint density at radius 3 is 2.56 bits per heavy atom. The molecule has 0 radical (unpaired) electrons. The van der Waals surface area contributed by atoms with Crippen LogP contribution in [0.1, 0.15) is 48.2 Å². The van der Waals surface area contributed by atoms with Gasteiger partial charge in [0, 0.05) is 47.6 Å². The van der Waals surface area contributed by atoms with Crippen LogP contribution in [0.3, 0.4) is 0 Å². The molecule has 0 saturated carbocycles. The summed E-state index contributed by atoms with van der Waals surface area (Å²) >= 11 is 12.3. The number of nitrogen functional groups attached to an aromatic ring is 1. The van der Waals surface area contributed by atoms with E-state index in [9.17, 15) is 9.18 Å². The Bertz CT molecular complexity index is 1230. The highest BCUT2D eigenvalue weighted by molar-refractivity contribution is 6.36. The maximum absolute atomic E-state index is 14.0. The van der Waals surface area contributed by atoms with Crippen LogP contribution in [-0.2, 0) is 0 Å². The van der Waals surface area contributed by atoms with Gasteiger partial charge in [-0.2, -0.15) is 0 Å². The number of anilines is 1. The highest BCUT2D eigenvalue weighted by atomic mass is 35.5. The van der Waals surface area contributed by atoms with Gasteiger partial charge in [-0.15, -0.1) is 0 Å². The van der Waals surface area contributed by atoms with Gasteiger partial charge < -0.3 is 20.5 Å². The summed E-state index contributed by atoms with van der Waals surface area (Å²) in [5.74, 6) is 0.371. The normalized spacial score (nSPS) is 15.1. The average Bonchev–Trinajstić information content (AvgIpc) is 2.88. The van der Waals surface area contributed by atoms with Crippen LogP contribution in [0.2, 0.25) is 10.0 Å². The van der Waals surface area contributed by atoms with Crippen molar-refractivity contribution in [3.8, 4) is 16.9 Å². The van der Waals surface area contributed by atoms with Gasteiger partial charge in [-0.3, -0.25) is 4.79 Å². The standard InChI is InChI=1S/C27H28Cl2FN3O3/c1-16(24-21(28)6-7-22(30)25(24)29)36-23-14-20(15-32-26(23)31)18-2-4-19(5-3-18)27(35)33-11-8-17(9-12-33)10-13-34/h2-7,14-17,34H,8-13H2,1H3,(H2,31,32). The largest absolute Gasteiger partial charge is 0.482 e. The molecule has 9 heteroatoms. The molecule has 2 aromatic carbocycles. The number of aliphatic hydroxyl groups excluding tert-OH is 1. The summed E-state index contributed by atoms with van der Waals surface area (Å²) in [4.78, 5) is 19.0. The minimum atomic E-state index is -0.679. The molecule has 1 atom stereocenters. The van der Waals surface area contributed by atoms with Gasteiger partial charge in [-0.25, -0.2) is 9.37 Å². The third-order valence-electron chi connectivity index (χ3n) is 6.58. The second-order valence-corrected chi connectivity index (χ2v) is 9.73. The van der Waals surface area contributed by atoms with Gasteiger partial charge in [0.25, 0.3) is 5.91 Å². The number of nitrogens with two attached hydrogens (primary N) is 1. The summed E-state index contributed by atoms with van der Waals surface area (Å²) in [7, 11) is 0. The van der Waals surface area contributed by atoms with Crippen LogP contribution >= 0.6 is 23.2 Å². The number of amides is 1. The van der Waals surface area contributed by atoms with Crippen LogP contribution in [0, 0.1) is 11.7 Å².